The second-order valence-electron chi connectivity index (χ2n) is 8.01. The molecule has 1 atom stereocenters. The molecule has 0 aliphatic carbocycles. The molecule has 0 fully saturated rings. The van der Waals surface area contributed by atoms with E-state index in [9.17, 15) is 4.79 Å². The van der Waals surface area contributed by atoms with Crippen LogP contribution in [0.2, 0.25) is 5.15 Å². The van der Waals surface area contributed by atoms with E-state index in [4.69, 9.17) is 11.6 Å². The highest BCUT2D eigenvalue weighted by molar-refractivity contribution is 6.29. The number of aromatic nitrogens is 5. The Labute approximate surface area is 198 Å². The molecular weight excluding hydrogens is 451 g/mol. The number of amides is 1. The summed E-state index contributed by atoms with van der Waals surface area (Å²) in [6.07, 6.45) is 5.52. The zero-order chi connectivity index (χ0) is 22.1. The number of halogens is 2. The van der Waals surface area contributed by atoms with Crippen molar-refractivity contribution in [3.63, 3.8) is 0 Å². The molecule has 0 radical (unpaired) electrons. The molecule has 1 aliphatic rings. The molecule has 0 unspecified atom stereocenters. The lowest BCUT2D eigenvalue weighted by Gasteiger charge is -2.36. The minimum absolute atomic E-state index is 0. The van der Waals surface area contributed by atoms with E-state index in [0.29, 0.717) is 29.9 Å². The van der Waals surface area contributed by atoms with Crippen LogP contribution in [0, 0.1) is 12.8 Å². The third-order valence-corrected chi connectivity index (χ3v) is 5.46. The smallest absolute Gasteiger partial charge is 0.247 e. The van der Waals surface area contributed by atoms with Gasteiger partial charge >= 0.3 is 0 Å². The lowest BCUT2D eigenvalue weighted by atomic mass is 9.99. The molecule has 11 heteroatoms. The van der Waals surface area contributed by atoms with E-state index in [-0.39, 0.29) is 30.3 Å². The van der Waals surface area contributed by atoms with Crippen molar-refractivity contribution in [3.8, 4) is 0 Å². The fourth-order valence-electron chi connectivity index (χ4n) is 3.75. The molecule has 0 saturated heterocycles. The quantitative estimate of drug-likeness (QED) is 0.524. The van der Waals surface area contributed by atoms with E-state index in [1.807, 2.05) is 55.9 Å². The molecule has 1 aliphatic heterocycles. The Hall–Kier alpha value is -2.91. The first-order chi connectivity index (χ1) is 14.8. The van der Waals surface area contributed by atoms with E-state index in [2.05, 4.69) is 30.7 Å². The number of aryl methyl sites for hydroxylation is 1. The highest BCUT2D eigenvalue weighted by Crippen LogP contribution is 2.34. The van der Waals surface area contributed by atoms with Gasteiger partial charge in [-0.25, -0.2) is 9.97 Å². The summed E-state index contributed by atoms with van der Waals surface area (Å²) in [7, 11) is 1.90. The predicted molar refractivity (Wildman–Crippen MR) is 128 cm³/mol. The van der Waals surface area contributed by atoms with Gasteiger partial charge in [0, 0.05) is 31.5 Å². The molecule has 0 spiro atoms. The number of pyridine rings is 1. The van der Waals surface area contributed by atoms with Crippen molar-refractivity contribution in [2.45, 2.75) is 39.9 Å². The zero-order valence-electron chi connectivity index (χ0n) is 18.3. The van der Waals surface area contributed by atoms with Crippen LogP contribution in [0.25, 0.3) is 0 Å². The average molecular weight is 477 g/mol. The van der Waals surface area contributed by atoms with E-state index in [1.165, 1.54) is 0 Å². The minimum atomic E-state index is -0.268. The molecule has 4 rings (SSSR count). The van der Waals surface area contributed by atoms with Crippen LogP contribution >= 0.6 is 24.0 Å². The van der Waals surface area contributed by atoms with Gasteiger partial charge in [-0.3, -0.25) is 9.48 Å². The fraction of sp³-hybridized carbons (Fsp3) is 0.381. The molecular formula is C21H26Cl2N8O. The van der Waals surface area contributed by atoms with Crippen LogP contribution in [0.1, 0.15) is 30.7 Å². The van der Waals surface area contributed by atoms with Gasteiger partial charge in [-0.05, 0) is 24.5 Å². The van der Waals surface area contributed by atoms with E-state index >= 15 is 0 Å². The SMILES string of the molecule is Cc1nc(NCc2cnn(Cc3ccc(Cl)nc3)c2)nc2c1NC(=O)[C@H](C(C)C)N2C.Cl. The Morgan fingerprint density at radius 2 is 2.00 bits per heavy atom. The molecule has 0 aromatic carbocycles. The molecule has 2 N–H and O–H groups in total. The first-order valence-electron chi connectivity index (χ1n) is 10.1. The van der Waals surface area contributed by atoms with Gasteiger partial charge in [0.05, 0.1) is 18.4 Å². The summed E-state index contributed by atoms with van der Waals surface area (Å²) in [5, 5.41) is 11.1. The van der Waals surface area contributed by atoms with Gasteiger partial charge in [0.25, 0.3) is 0 Å². The highest BCUT2D eigenvalue weighted by Gasteiger charge is 2.35. The number of rotatable bonds is 6. The van der Waals surface area contributed by atoms with Crippen molar-refractivity contribution >= 4 is 47.4 Å². The van der Waals surface area contributed by atoms with E-state index < -0.39 is 0 Å². The lowest BCUT2D eigenvalue weighted by Crippen LogP contribution is -2.49. The zero-order valence-corrected chi connectivity index (χ0v) is 19.9. The molecule has 0 saturated carbocycles. The average Bonchev–Trinajstić information content (AvgIpc) is 3.16. The molecule has 1 amide bonds. The van der Waals surface area contributed by atoms with Gasteiger partial charge in [-0.2, -0.15) is 10.1 Å². The van der Waals surface area contributed by atoms with E-state index in [0.717, 1.165) is 22.6 Å². The Bertz CT molecular complexity index is 1100. The number of nitrogens with zero attached hydrogens (tertiary/aromatic N) is 6. The van der Waals surface area contributed by atoms with Gasteiger partial charge < -0.3 is 15.5 Å². The summed E-state index contributed by atoms with van der Waals surface area (Å²) in [5.74, 6) is 1.36. The van der Waals surface area contributed by atoms with Crippen molar-refractivity contribution in [1.29, 1.82) is 0 Å². The number of hydrogen-bond donors (Lipinski definition) is 2. The number of hydrogen-bond acceptors (Lipinski definition) is 7. The third kappa shape index (κ3) is 4.94. The van der Waals surface area contributed by atoms with Crippen molar-refractivity contribution in [2.24, 2.45) is 5.92 Å². The third-order valence-electron chi connectivity index (χ3n) is 5.24. The standard InChI is InChI=1S/C21H25ClN8O.ClH/c1-12(2)18-20(31)27-17-13(3)26-21(28-19(17)29(18)4)24-8-15-9-25-30(11-15)10-14-5-6-16(22)23-7-14;/h5-7,9,11-12,18H,8,10H2,1-4H3,(H,27,31)(H,24,26,28);1H/t18-;/m0./s1. The predicted octanol–water partition coefficient (Wildman–Crippen LogP) is 3.53. The summed E-state index contributed by atoms with van der Waals surface area (Å²) in [4.78, 5) is 27.7. The number of carbonyl (C=O) groups excluding carboxylic acids is 1. The normalized spacial score (nSPS) is 15.2. The summed E-state index contributed by atoms with van der Waals surface area (Å²) < 4.78 is 1.84. The first-order valence-corrected chi connectivity index (χ1v) is 10.5. The Morgan fingerprint density at radius 1 is 1.22 bits per heavy atom. The lowest BCUT2D eigenvalue weighted by molar-refractivity contribution is -0.118. The van der Waals surface area contributed by atoms with Crippen molar-refractivity contribution in [2.75, 3.05) is 22.6 Å². The summed E-state index contributed by atoms with van der Waals surface area (Å²) in [6, 6.07) is 3.43. The van der Waals surface area contributed by atoms with Crippen LogP contribution < -0.4 is 15.5 Å². The van der Waals surface area contributed by atoms with Gasteiger partial charge in [0.1, 0.15) is 16.9 Å². The second kappa shape index (κ2) is 9.70. The van der Waals surface area contributed by atoms with Crippen LogP contribution in [0.4, 0.5) is 17.5 Å². The van der Waals surface area contributed by atoms with Crippen LogP contribution in [-0.4, -0.2) is 43.7 Å². The molecule has 3 aromatic rings. The Balaban J connectivity index is 0.00000289. The summed E-state index contributed by atoms with van der Waals surface area (Å²) in [6.45, 7) is 7.06. The molecule has 32 heavy (non-hydrogen) atoms. The molecule has 3 aromatic heterocycles. The monoisotopic (exact) mass is 476 g/mol. The van der Waals surface area contributed by atoms with Crippen LogP contribution in [0.5, 0.6) is 0 Å². The maximum Gasteiger partial charge on any atom is 0.247 e. The maximum atomic E-state index is 12.5. The van der Waals surface area contributed by atoms with E-state index in [1.54, 1.807) is 12.3 Å². The summed E-state index contributed by atoms with van der Waals surface area (Å²) >= 11 is 5.84. The van der Waals surface area contributed by atoms with Gasteiger partial charge in [-0.15, -0.1) is 12.4 Å². The van der Waals surface area contributed by atoms with Gasteiger partial charge in [0.2, 0.25) is 11.9 Å². The topological polar surface area (TPSA) is 101 Å². The molecule has 170 valence electrons. The highest BCUT2D eigenvalue weighted by atomic mass is 35.5. The largest absolute Gasteiger partial charge is 0.350 e. The number of anilines is 3. The second-order valence-corrected chi connectivity index (χ2v) is 8.40. The molecule has 4 heterocycles. The van der Waals surface area contributed by atoms with Crippen LogP contribution in [0.3, 0.4) is 0 Å². The number of fused-ring (bicyclic) bond motifs is 1. The maximum absolute atomic E-state index is 12.5. The molecule has 9 nitrogen and oxygen atoms in total. The van der Waals surface area contributed by atoms with Crippen LogP contribution in [-0.2, 0) is 17.9 Å². The minimum Gasteiger partial charge on any atom is -0.350 e. The number of likely N-dealkylation sites (N-methyl/N-ethyl adjacent to an activating group) is 1. The number of nitrogens with one attached hydrogen (secondary N) is 2. The summed E-state index contributed by atoms with van der Waals surface area (Å²) in [5.41, 5.74) is 3.41. The first kappa shape index (κ1) is 23.7. The Kier molecular flexibility index (Phi) is 7.20. The fourth-order valence-corrected chi connectivity index (χ4v) is 3.86. The number of carbonyl (C=O) groups is 1. The van der Waals surface area contributed by atoms with Gasteiger partial charge in [-0.1, -0.05) is 31.5 Å². The van der Waals surface area contributed by atoms with Crippen molar-refractivity contribution < 1.29 is 4.79 Å². The van der Waals surface area contributed by atoms with Gasteiger partial charge in [0.15, 0.2) is 5.82 Å². The van der Waals surface area contributed by atoms with Crippen molar-refractivity contribution in [3.05, 3.63) is 52.7 Å². The van der Waals surface area contributed by atoms with Crippen LogP contribution in [0.15, 0.2) is 30.7 Å². The molecule has 0 bridgehead atoms. The Morgan fingerprint density at radius 3 is 2.69 bits per heavy atom. The van der Waals surface area contributed by atoms with Crippen molar-refractivity contribution in [1.82, 2.24) is 24.7 Å².